The van der Waals surface area contributed by atoms with Gasteiger partial charge in [0.15, 0.2) is 0 Å². The first-order chi connectivity index (χ1) is 13.6. The fourth-order valence-corrected chi connectivity index (χ4v) is 3.31. The maximum Gasteiger partial charge on any atom is 0.328 e. The van der Waals surface area contributed by atoms with Gasteiger partial charge in [0, 0.05) is 16.5 Å². The maximum absolute atomic E-state index is 12.5. The Balaban J connectivity index is 1.74. The number of hydrogen-bond donors (Lipinski definition) is 1. The molecule has 0 fully saturated rings. The number of esters is 1. The topological polar surface area (TPSA) is 55.4 Å². The molecule has 0 saturated carbocycles. The predicted octanol–water partition coefficient (Wildman–Crippen LogP) is 4.63. The molecule has 0 aliphatic carbocycles. The number of carbonyl (C=O) groups excluding carboxylic acids is 2. The van der Waals surface area contributed by atoms with Crippen molar-refractivity contribution in [3.63, 3.8) is 0 Å². The van der Waals surface area contributed by atoms with Crippen molar-refractivity contribution < 1.29 is 14.3 Å². The third-order valence-corrected chi connectivity index (χ3v) is 4.87. The second kappa shape index (κ2) is 9.33. The Morgan fingerprint density at radius 3 is 2.25 bits per heavy atom. The zero-order valence-electron chi connectivity index (χ0n) is 15.4. The zero-order chi connectivity index (χ0) is 19.9. The molecular weight excluding hydrogens is 418 g/mol. The molecule has 1 atom stereocenters. The van der Waals surface area contributed by atoms with Gasteiger partial charge < -0.3 is 10.1 Å². The van der Waals surface area contributed by atoms with E-state index in [1.54, 1.807) is 18.2 Å². The zero-order valence-corrected chi connectivity index (χ0v) is 17.0. The van der Waals surface area contributed by atoms with Crippen LogP contribution in [0.2, 0.25) is 0 Å². The highest BCUT2D eigenvalue weighted by Crippen LogP contribution is 2.20. The van der Waals surface area contributed by atoms with E-state index in [4.69, 9.17) is 4.74 Å². The van der Waals surface area contributed by atoms with Crippen LogP contribution in [0.1, 0.15) is 15.9 Å². The van der Waals surface area contributed by atoms with E-state index < -0.39 is 12.0 Å². The van der Waals surface area contributed by atoms with Crippen LogP contribution in [0.15, 0.2) is 83.3 Å². The number of carbonyl (C=O) groups is 2. The van der Waals surface area contributed by atoms with Crippen LogP contribution >= 0.6 is 15.9 Å². The Morgan fingerprint density at radius 1 is 0.929 bits per heavy atom. The van der Waals surface area contributed by atoms with Gasteiger partial charge in [0.1, 0.15) is 6.04 Å². The van der Waals surface area contributed by atoms with Crippen LogP contribution in [0, 0.1) is 0 Å². The Hall–Kier alpha value is -2.92. The van der Waals surface area contributed by atoms with Gasteiger partial charge in [-0.3, -0.25) is 4.79 Å². The standard InChI is InChI=1S/C23H20BrNO3/c1-28-23(27)21(25-22(26)19-8-5-9-20(24)15-19)14-16-10-12-18(13-11-16)17-6-3-2-4-7-17/h2-13,15,21H,14H2,1H3,(H,25,26)/t21-/m0/s1. The lowest BCUT2D eigenvalue weighted by molar-refractivity contribution is -0.142. The first-order valence-electron chi connectivity index (χ1n) is 8.85. The number of benzene rings is 3. The van der Waals surface area contributed by atoms with Crippen LogP contribution in [0.4, 0.5) is 0 Å². The molecule has 0 aliphatic heterocycles. The number of rotatable bonds is 6. The molecule has 0 spiro atoms. The summed E-state index contributed by atoms with van der Waals surface area (Å²) in [6.07, 6.45) is 0.349. The minimum absolute atomic E-state index is 0.322. The Morgan fingerprint density at radius 2 is 1.61 bits per heavy atom. The molecule has 0 heterocycles. The van der Waals surface area contributed by atoms with Crippen molar-refractivity contribution in [1.29, 1.82) is 0 Å². The van der Waals surface area contributed by atoms with E-state index in [-0.39, 0.29) is 5.91 Å². The van der Waals surface area contributed by atoms with Crippen LogP contribution in [-0.4, -0.2) is 25.0 Å². The van der Waals surface area contributed by atoms with Crippen LogP contribution in [0.3, 0.4) is 0 Å². The Bertz CT molecular complexity index is 955. The first-order valence-corrected chi connectivity index (χ1v) is 9.65. The number of amides is 1. The minimum Gasteiger partial charge on any atom is -0.467 e. The molecule has 5 heteroatoms. The van der Waals surface area contributed by atoms with Gasteiger partial charge in [0.25, 0.3) is 5.91 Å². The van der Waals surface area contributed by atoms with Gasteiger partial charge in [-0.05, 0) is 34.9 Å². The highest BCUT2D eigenvalue weighted by atomic mass is 79.9. The van der Waals surface area contributed by atoms with Crippen molar-refractivity contribution >= 4 is 27.8 Å². The molecule has 0 bridgehead atoms. The van der Waals surface area contributed by atoms with E-state index in [2.05, 4.69) is 21.2 Å². The summed E-state index contributed by atoms with van der Waals surface area (Å²) < 4.78 is 5.67. The fourth-order valence-electron chi connectivity index (χ4n) is 2.91. The molecule has 3 aromatic rings. The van der Waals surface area contributed by atoms with Crippen molar-refractivity contribution in [2.75, 3.05) is 7.11 Å². The maximum atomic E-state index is 12.5. The average molecular weight is 438 g/mol. The Labute approximate surface area is 172 Å². The van der Waals surface area contributed by atoms with Crippen LogP contribution in [0.5, 0.6) is 0 Å². The molecule has 3 rings (SSSR count). The van der Waals surface area contributed by atoms with Crippen LogP contribution in [0.25, 0.3) is 11.1 Å². The fraction of sp³-hybridized carbons (Fsp3) is 0.130. The molecule has 0 unspecified atom stereocenters. The van der Waals surface area contributed by atoms with E-state index >= 15 is 0 Å². The van der Waals surface area contributed by atoms with Gasteiger partial charge in [-0.2, -0.15) is 0 Å². The quantitative estimate of drug-likeness (QED) is 0.571. The van der Waals surface area contributed by atoms with Crippen LogP contribution in [-0.2, 0) is 16.0 Å². The minimum atomic E-state index is -0.765. The first kappa shape index (κ1) is 19.8. The highest BCUT2D eigenvalue weighted by Gasteiger charge is 2.22. The molecule has 0 aliphatic rings. The summed E-state index contributed by atoms with van der Waals surface area (Å²) in [5.41, 5.74) is 3.63. The molecule has 3 aromatic carbocycles. The van der Waals surface area contributed by atoms with Gasteiger partial charge >= 0.3 is 5.97 Å². The van der Waals surface area contributed by atoms with E-state index in [1.807, 2.05) is 60.7 Å². The van der Waals surface area contributed by atoms with E-state index in [0.29, 0.717) is 12.0 Å². The van der Waals surface area contributed by atoms with E-state index in [0.717, 1.165) is 21.2 Å². The molecule has 28 heavy (non-hydrogen) atoms. The van der Waals surface area contributed by atoms with Crippen molar-refractivity contribution in [1.82, 2.24) is 5.32 Å². The molecular formula is C23H20BrNO3. The molecule has 0 aromatic heterocycles. The summed E-state index contributed by atoms with van der Waals surface area (Å²) in [6, 6.07) is 24.2. The second-order valence-corrected chi connectivity index (χ2v) is 7.24. The summed E-state index contributed by atoms with van der Waals surface area (Å²) in [5.74, 6) is -0.798. The third kappa shape index (κ3) is 5.08. The summed E-state index contributed by atoms with van der Waals surface area (Å²) in [5, 5.41) is 2.77. The highest BCUT2D eigenvalue weighted by molar-refractivity contribution is 9.10. The molecule has 0 saturated heterocycles. The number of nitrogens with one attached hydrogen (secondary N) is 1. The number of ether oxygens (including phenoxy) is 1. The van der Waals surface area contributed by atoms with Gasteiger partial charge in [0.05, 0.1) is 7.11 Å². The Kier molecular flexibility index (Phi) is 6.61. The average Bonchev–Trinajstić information content (AvgIpc) is 2.73. The summed E-state index contributed by atoms with van der Waals surface area (Å²) in [4.78, 5) is 24.7. The number of halogens is 1. The third-order valence-electron chi connectivity index (χ3n) is 4.38. The molecule has 142 valence electrons. The molecule has 0 radical (unpaired) electrons. The van der Waals surface area contributed by atoms with E-state index in [9.17, 15) is 9.59 Å². The SMILES string of the molecule is COC(=O)[C@H](Cc1ccc(-c2ccccc2)cc1)NC(=O)c1cccc(Br)c1. The van der Waals surface area contributed by atoms with Gasteiger partial charge in [-0.25, -0.2) is 4.79 Å². The number of methoxy groups -OCH3 is 1. The van der Waals surface area contributed by atoms with Crippen molar-refractivity contribution in [2.24, 2.45) is 0 Å². The molecule has 4 nitrogen and oxygen atoms in total. The lowest BCUT2D eigenvalue weighted by atomic mass is 10.0. The monoisotopic (exact) mass is 437 g/mol. The van der Waals surface area contributed by atoms with Gasteiger partial charge in [-0.1, -0.05) is 76.6 Å². The lowest BCUT2D eigenvalue weighted by Crippen LogP contribution is -2.43. The molecule has 1 N–H and O–H groups in total. The van der Waals surface area contributed by atoms with Crippen molar-refractivity contribution in [3.8, 4) is 11.1 Å². The summed E-state index contributed by atoms with van der Waals surface area (Å²) in [7, 11) is 1.32. The van der Waals surface area contributed by atoms with Crippen LogP contribution < -0.4 is 5.32 Å². The van der Waals surface area contributed by atoms with Crippen molar-refractivity contribution in [3.05, 3.63) is 94.5 Å². The summed E-state index contributed by atoms with van der Waals surface area (Å²) >= 11 is 3.35. The number of hydrogen-bond acceptors (Lipinski definition) is 3. The predicted molar refractivity (Wildman–Crippen MR) is 113 cm³/mol. The van der Waals surface area contributed by atoms with Gasteiger partial charge in [0.2, 0.25) is 0 Å². The summed E-state index contributed by atoms with van der Waals surface area (Å²) in [6.45, 7) is 0. The second-order valence-electron chi connectivity index (χ2n) is 6.33. The molecule has 1 amide bonds. The smallest absolute Gasteiger partial charge is 0.328 e. The van der Waals surface area contributed by atoms with E-state index in [1.165, 1.54) is 7.11 Å². The normalized spacial score (nSPS) is 11.5. The largest absolute Gasteiger partial charge is 0.467 e. The lowest BCUT2D eigenvalue weighted by Gasteiger charge is -2.17. The van der Waals surface area contributed by atoms with Crippen molar-refractivity contribution in [2.45, 2.75) is 12.5 Å². The van der Waals surface area contributed by atoms with Gasteiger partial charge in [-0.15, -0.1) is 0 Å².